The third-order valence-electron chi connectivity index (χ3n) is 6.19. The molecule has 3 N–H and O–H groups in total. The van der Waals surface area contributed by atoms with E-state index in [1.165, 1.54) is 15.9 Å². The Morgan fingerprint density at radius 3 is 2.36 bits per heavy atom. The summed E-state index contributed by atoms with van der Waals surface area (Å²) in [6.07, 6.45) is 1.07. The second-order valence-electron chi connectivity index (χ2n) is 9.08. The number of aliphatic carboxylic acids is 1. The van der Waals surface area contributed by atoms with E-state index in [0.29, 0.717) is 18.2 Å². The minimum absolute atomic E-state index is 0.0584. The van der Waals surface area contributed by atoms with Crippen molar-refractivity contribution in [3.05, 3.63) is 42.1 Å². The molecule has 12 heteroatoms. The van der Waals surface area contributed by atoms with Crippen LogP contribution in [0, 0.1) is 0 Å². The van der Waals surface area contributed by atoms with Crippen LogP contribution in [-0.2, 0) is 14.3 Å². The molecule has 12 nitrogen and oxygen atoms in total. The lowest BCUT2D eigenvalue weighted by molar-refractivity contribution is -0.138. The minimum Gasteiger partial charge on any atom is -0.481 e. The molecular formula is C27H36N6O6. The first-order valence-electron chi connectivity index (χ1n) is 13.2. The highest BCUT2D eigenvalue weighted by molar-refractivity contribution is 5.97. The first kappa shape index (κ1) is 29.3. The van der Waals surface area contributed by atoms with Crippen molar-refractivity contribution >= 4 is 29.7 Å². The summed E-state index contributed by atoms with van der Waals surface area (Å²) in [5.41, 5.74) is 0.784. The van der Waals surface area contributed by atoms with E-state index in [-0.39, 0.29) is 51.3 Å². The Bertz CT molecular complexity index is 1140. The number of carbonyl (C=O) groups is 4. The fourth-order valence-corrected chi connectivity index (χ4v) is 4.07. The smallest absolute Gasteiger partial charge is 0.409 e. The van der Waals surface area contributed by atoms with E-state index < -0.39 is 29.9 Å². The molecule has 0 aliphatic carbocycles. The van der Waals surface area contributed by atoms with Crippen LogP contribution in [0.4, 0.5) is 10.6 Å². The second kappa shape index (κ2) is 14.6. The van der Waals surface area contributed by atoms with Crippen molar-refractivity contribution in [3.8, 4) is 11.4 Å². The van der Waals surface area contributed by atoms with Crippen molar-refractivity contribution in [2.45, 2.75) is 45.6 Å². The third-order valence-corrected chi connectivity index (χ3v) is 6.19. The molecule has 0 spiro atoms. The summed E-state index contributed by atoms with van der Waals surface area (Å²) < 4.78 is 5.02. The van der Waals surface area contributed by atoms with Crippen LogP contribution < -0.4 is 10.6 Å². The Balaban J connectivity index is 1.78. The van der Waals surface area contributed by atoms with Gasteiger partial charge in [0, 0.05) is 50.8 Å². The van der Waals surface area contributed by atoms with E-state index in [9.17, 15) is 24.3 Å². The van der Waals surface area contributed by atoms with Crippen LogP contribution in [0.3, 0.4) is 0 Å². The number of unbranched alkanes of at least 4 members (excludes halogenated alkanes) is 1. The molecule has 0 saturated carbocycles. The van der Waals surface area contributed by atoms with E-state index in [4.69, 9.17) is 4.74 Å². The molecule has 1 fully saturated rings. The quantitative estimate of drug-likeness (QED) is 0.345. The summed E-state index contributed by atoms with van der Waals surface area (Å²) in [6, 6.07) is 9.68. The van der Waals surface area contributed by atoms with Crippen molar-refractivity contribution in [1.82, 2.24) is 25.1 Å². The summed E-state index contributed by atoms with van der Waals surface area (Å²) in [6.45, 7) is 5.76. The molecule has 1 saturated heterocycles. The molecule has 1 aromatic carbocycles. The number of carbonyl (C=O) groups excluding carboxylic acids is 3. The predicted molar refractivity (Wildman–Crippen MR) is 144 cm³/mol. The Morgan fingerprint density at radius 2 is 1.72 bits per heavy atom. The average molecular weight is 541 g/mol. The maximum absolute atomic E-state index is 13.3. The van der Waals surface area contributed by atoms with Crippen molar-refractivity contribution in [2.75, 3.05) is 44.6 Å². The van der Waals surface area contributed by atoms with Crippen molar-refractivity contribution < 1.29 is 29.0 Å². The van der Waals surface area contributed by atoms with Crippen LogP contribution in [0.1, 0.15) is 50.0 Å². The van der Waals surface area contributed by atoms with Gasteiger partial charge in [0.1, 0.15) is 17.6 Å². The van der Waals surface area contributed by atoms with Crippen molar-refractivity contribution in [3.63, 3.8) is 0 Å². The number of amides is 3. The number of aromatic nitrogens is 2. The van der Waals surface area contributed by atoms with Gasteiger partial charge in [0.05, 0.1) is 6.61 Å². The zero-order chi connectivity index (χ0) is 28.2. The molecule has 0 bridgehead atoms. The number of hydrogen-bond acceptors (Lipinski definition) is 8. The lowest BCUT2D eigenvalue weighted by atomic mass is 10.1. The standard InChI is InChI=1S/C27H36N6O6/c1-3-5-13-28-22-18-21(29-24(31-22)19-9-7-6-8-10-19)25(36)30-20(11-12-23(34)35)26(37)32-14-16-33(17-15-32)27(38)39-4-2/h6-10,18,20H,3-5,11-17H2,1-2H3,(H,30,36)(H,34,35)(H,28,29,31)/t20-/m0/s1. The molecule has 1 aliphatic heterocycles. The monoisotopic (exact) mass is 540 g/mol. The number of nitrogens with one attached hydrogen (secondary N) is 2. The molecule has 39 heavy (non-hydrogen) atoms. The van der Waals surface area contributed by atoms with Crippen molar-refractivity contribution in [1.29, 1.82) is 0 Å². The Hall–Kier alpha value is -4.22. The van der Waals surface area contributed by atoms with Gasteiger partial charge in [0.25, 0.3) is 5.91 Å². The number of rotatable bonds is 12. The van der Waals surface area contributed by atoms with Gasteiger partial charge >= 0.3 is 12.1 Å². The molecular weight excluding hydrogens is 504 g/mol. The lowest BCUT2D eigenvalue weighted by Gasteiger charge is -2.35. The molecule has 0 unspecified atom stereocenters. The van der Waals surface area contributed by atoms with Gasteiger partial charge < -0.3 is 30.3 Å². The molecule has 3 rings (SSSR count). The Labute approximate surface area is 227 Å². The zero-order valence-corrected chi connectivity index (χ0v) is 22.4. The van der Waals surface area contributed by atoms with Gasteiger partial charge in [-0.2, -0.15) is 0 Å². The van der Waals surface area contributed by atoms with E-state index in [1.54, 1.807) is 6.92 Å². The van der Waals surface area contributed by atoms with Gasteiger partial charge in [-0.05, 0) is 19.8 Å². The minimum atomic E-state index is -1.08. The molecule has 1 atom stereocenters. The fraction of sp³-hybridized carbons (Fsp3) is 0.481. The second-order valence-corrected chi connectivity index (χ2v) is 9.08. The number of anilines is 1. The molecule has 210 valence electrons. The summed E-state index contributed by atoms with van der Waals surface area (Å²) >= 11 is 0. The Morgan fingerprint density at radius 1 is 1.03 bits per heavy atom. The van der Waals surface area contributed by atoms with Crippen LogP contribution in [0.15, 0.2) is 36.4 Å². The first-order chi connectivity index (χ1) is 18.8. The molecule has 1 aliphatic rings. The fourth-order valence-electron chi connectivity index (χ4n) is 4.07. The van der Waals surface area contributed by atoms with E-state index in [2.05, 4.69) is 27.5 Å². The largest absolute Gasteiger partial charge is 0.481 e. The third kappa shape index (κ3) is 8.66. The maximum atomic E-state index is 13.3. The van der Waals surface area contributed by atoms with Crippen LogP contribution >= 0.6 is 0 Å². The van der Waals surface area contributed by atoms with E-state index in [1.807, 2.05) is 30.3 Å². The molecule has 2 aromatic rings. The number of carboxylic acid groups (broad SMARTS) is 1. The van der Waals surface area contributed by atoms with Gasteiger partial charge in [-0.3, -0.25) is 14.4 Å². The summed E-state index contributed by atoms with van der Waals surface area (Å²) in [5.74, 6) is -1.27. The molecule has 1 aromatic heterocycles. The van der Waals surface area contributed by atoms with Crippen LogP contribution in [-0.4, -0.2) is 94.1 Å². The number of hydrogen-bond donors (Lipinski definition) is 3. The number of piperazine rings is 1. The highest BCUT2D eigenvalue weighted by Crippen LogP contribution is 2.19. The normalized spacial score (nSPS) is 13.9. The molecule has 0 radical (unpaired) electrons. The van der Waals surface area contributed by atoms with Crippen LogP contribution in [0.2, 0.25) is 0 Å². The number of carboxylic acids is 1. The Kier molecular flexibility index (Phi) is 11.0. The number of benzene rings is 1. The van der Waals surface area contributed by atoms with E-state index >= 15 is 0 Å². The predicted octanol–water partition coefficient (Wildman–Crippen LogP) is 2.62. The van der Waals surface area contributed by atoms with Gasteiger partial charge in [-0.15, -0.1) is 0 Å². The van der Waals surface area contributed by atoms with Gasteiger partial charge in [-0.1, -0.05) is 43.7 Å². The zero-order valence-electron chi connectivity index (χ0n) is 22.4. The number of ether oxygens (including phenoxy) is 1. The summed E-state index contributed by atoms with van der Waals surface area (Å²) in [5, 5.41) is 15.1. The topological polar surface area (TPSA) is 154 Å². The molecule has 3 amide bonds. The lowest BCUT2D eigenvalue weighted by Crippen LogP contribution is -2.56. The summed E-state index contributed by atoms with van der Waals surface area (Å²) in [7, 11) is 0. The van der Waals surface area contributed by atoms with Gasteiger partial charge in [0.15, 0.2) is 5.82 Å². The average Bonchev–Trinajstić information content (AvgIpc) is 2.95. The maximum Gasteiger partial charge on any atom is 0.409 e. The van der Waals surface area contributed by atoms with Crippen LogP contribution in [0.5, 0.6) is 0 Å². The van der Waals surface area contributed by atoms with E-state index in [0.717, 1.165) is 18.4 Å². The van der Waals surface area contributed by atoms with Gasteiger partial charge in [-0.25, -0.2) is 14.8 Å². The van der Waals surface area contributed by atoms with Crippen LogP contribution in [0.25, 0.3) is 11.4 Å². The summed E-state index contributed by atoms with van der Waals surface area (Å²) in [4.78, 5) is 62.0. The van der Waals surface area contributed by atoms with Gasteiger partial charge in [0.2, 0.25) is 5.91 Å². The van der Waals surface area contributed by atoms with Crippen molar-refractivity contribution in [2.24, 2.45) is 0 Å². The SMILES string of the molecule is CCCCNc1cc(C(=O)N[C@@H](CCC(=O)O)C(=O)N2CCN(C(=O)OCC)CC2)nc(-c2ccccc2)n1. The highest BCUT2D eigenvalue weighted by Gasteiger charge is 2.31. The number of nitrogens with zero attached hydrogens (tertiary/aromatic N) is 4. The first-order valence-corrected chi connectivity index (χ1v) is 13.2. The highest BCUT2D eigenvalue weighted by atomic mass is 16.6. The molecule has 2 heterocycles.